The third kappa shape index (κ3) is 3.69. The van der Waals surface area contributed by atoms with Gasteiger partial charge in [-0.25, -0.2) is 0 Å². The summed E-state index contributed by atoms with van der Waals surface area (Å²) < 4.78 is 5.00. The lowest BCUT2D eigenvalue weighted by atomic mass is 9.97. The Morgan fingerprint density at radius 3 is 2.70 bits per heavy atom. The first-order chi connectivity index (χ1) is 9.58. The molecule has 1 aliphatic rings. The van der Waals surface area contributed by atoms with Crippen LogP contribution >= 0.6 is 0 Å². The van der Waals surface area contributed by atoms with Gasteiger partial charge in [-0.15, -0.1) is 0 Å². The van der Waals surface area contributed by atoms with Crippen LogP contribution in [0.15, 0.2) is 0 Å². The number of nitrogens with two attached hydrogens (primary N) is 1. The third-order valence-corrected chi connectivity index (χ3v) is 3.34. The molecule has 1 fully saturated rings. The molecule has 0 saturated carbocycles. The van der Waals surface area contributed by atoms with E-state index >= 15 is 0 Å². The number of nitrogens with one attached hydrogen (secondary N) is 1. The van der Waals surface area contributed by atoms with E-state index < -0.39 is 0 Å². The highest BCUT2D eigenvalue weighted by Crippen LogP contribution is 2.21. The number of hydrogen-bond acceptors (Lipinski definition) is 7. The summed E-state index contributed by atoms with van der Waals surface area (Å²) in [6, 6.07) is 0.230. The zero-order valence-corrected chi connectivity index (χ0v) is 11.8. The molecular weight excluding hydrogens is 260 g/mol. The second kappa shape index (κ2) is 6.36. The molecule has 0 radical (unpaired) electrons. The molecule has 0 aromatic carbocycles. The summed E-state index contributed by atoms with van der Waals surface area (Å²) in [6.45, 7) is 3.93. The monoisotopic (exact) mass is 280 g/mol. The number of carbonyl (C=O) groups excluding carboxylic acids is 1. The average molecular weight is 280 g/mol. The highest BCUT2D eigenvalue weighted by atomic mass is 16.5. The van der Waals surface area contributed by atoms with Crippen LogP contribution in [0.2, 0.25) is 0 Å². The summed E-state index contributed by atoms with van der Waals surface area (Å²) in [5, 5.41) is 2.86. The lowest BCUT2D eigenvalue weighted by Gasteiger charge is -2.31. The molecule has 1 aliphatic heterocycles. The molecule has 0 aliphatic carbocycles. The zero-order chi connectivity index (χ0) is 14.5. The molecule has 1 aromatic rings. The SMILES string of the molecule is COc1nc(N)nc(N2CCC(CNC(C)=O)CC2)n1. The molecule has 1 amide bonds. The summed E-state index contributed by atoms with van der Waals surface area (Å²) in [7, 11) is 1.50. The van der Waals surface area contributed by atoms with Gasteiger partial charge in [-0.05, 0) is 18.8 Å². The first-order valence-corrected chi connectivity index (χ1v) is 6.63. The summed E-state index contributed by atoms with van der Waals surface area (Å²) in [5.41, 5.74) is 5.63. The average Bonchev–Trinajstić information content (AvgIpc) is 2.45. The van der Waals surface area contributed by atoms with Crippen LogP contribution in [-0.2, 0) is 4.79 Å². The van der Waals surface area contributed by atoms with Crippen LogP contribution < -0.4 is 20.7 Å². The van der Waals surface area contributed by atoms with E-state index in [1.807, 2.05) is 0 Å². The van der Waals surface area contributed by atoms with Crippen LogP contribution in [-0.4, -0.2) is 47.6 Å². The fraction of sp³-hybridized carbons (Fsp3) is 0.667. The second-order valence-electron chi connectivity index (χ2n) is 4.85. The number of piperidine rings is 1. The number of ether oxygens (including phenoxy) is 1. The number of hydrogen-bond donors (Lipinski definition) is 2. The molecule has 110 valence electrons. The first kappa shape index (κ1) is 14.3. The minimum Gasteiger partial charge on any atom is -0.467 e. The van der Waals surface area contributed by atoms with Crippen LogP contribution in [0.4, 0.5) is 11.9 Å². The Kier molecular flexibility index (Phi) is 4.54. The van der Waals surface area contributed by atoms with Crippen LogP contribution in [0.5, 0.6) is 6.01 Å². The molecule has 1 aromatic heterocycles. The molecule has 2 heterocycles. The van der Waals surface area contributed by atoms with E-state index in [1.165, 1.54) is 14.0 Å². The molecule has 0 bridgehead atoms. The van der Waals surface area contributed by atoms with Crippen LogP contribution in [0.1, 0.15) is 19.8 Å². The van der Waals surface area contributed by atoms with Gasteiger partial charge in [0.05, 0.1) is 7.11 Å². The van der Waals surface area contributed by atoms with Gasteiger partial charge < -0.3 is 20.7 Å². The van der Waals surface area contributed by atoms with E-state index in [4.69, 9.17) is 10.5 Å². The highest BCUT2D eigenvalue weighted by molar-refractivity contribution is 5.72. The van der Waals surface area contributed by atoms with Crippen molar-refractivity contribution in [3.63, 3.8) is 0 Å². The van der Waals surface area contributed by atoms with E-state index in [2.05, 4.69) is 25.2 Å². The number of amides is 1. The van der Waals surface area contributed by atoms with Crippen molar-refractivity contribution in [3.05, 3.63) is 0 Å². The smallest absolute Gasteiger partial charge is 0.322 e. The Balaban J connectivity index is 1.93. The van der Waals surface area contributed by atoms with E-state index in [0.29, 0.717) is 11.9 Å². The number of carbonyl (C=O) groups is 1. The predicted octanol–water partition coefficient (Wildman–Crippen LogP) is -0.185. The molecule has 0 spiro atoms. The van der Waals surface area contributed by atoms with Gasteiger partial charge in [-0.2, -0.15) is 15.0 Å². The fourth-order valence-corrected chi connectivity index (χ4v) is 2.22. The Labute approximate surface area is 117 Å². The molecule has 3 N–H and O–H groups in total. The number of rotatable bonds is 4. The van der Waals surface area contributed by atoms with Crippen molar-refractivity contribution in [1.82, 2.24) is 20.3 Å². The quantitative estimate of drug-likeness (QED) is 0.787. The lowest BCUT2D eigenvalue weighted by Crippen LogP contribution is -2.39. The Hall–Kier alpha value is -2.12. The maximum atomic E-state index is 10.9. The Morgan fingerprint density at radius 2 is 2.10 bits per heavy atom. The largest absolute Gasteiger partial charge is 0.467 e. The third-order valence-electron chi connectivity index (χ3n) is 3.34. The summed E-state index contributed by atoms with van der Waals surface area (Å²) >= 11 is 0. The van der Waals surface area contributed by atoms with Crippen LogP contribution in [0.3, 0.4) is 0 Å². The number of nitrogens with zero attached hydrogens (tertiary/aromatic N) is 4. The normalized spacial score (nSPS) is 16.0. The van der Waals surface area contributed by atoms with Crippen molar-refractivity contribution >= 4 is 17.8 Å². The number of methoxy groups -OCH3 is 1. The van der Waals surface area contributed by atoms with Crippen molar-refractivity contribution in [2.45, 2.75) is 19.8 Å². The predicted molar refractivity (Wildman–Crippen MR) is 74.4 cm³/mol. The molecule has 8 nitrogen and oxygen atoms in total. The molecule has 8 heteroatoms. The van der Waals surface area contributed by atoms with Gasteiger partial charge in [0.2, 0.25) is 17.8 Å². The first-order valence-electron chi connectivity index (χ1n) is 6.63. The summed E-state index contributed by atoms with van der Waals surface area (Å²) in [6.07, 6.45) is 1.96. The van der Waals surface area contributed by atoms with Gasteiger partial charge in [-0.1, -0.05) is 0 Å². The Bertz CT molecular complexity index is 473. The van der Waals surface area contributed by atoms with Crippen molar-refractivity contribution in [1.29, 1.82) is 0 Å². The van der Waals surface area contributed by atoms with Gasteiger partial charge in [0.25, 0.3) is 0 Å². The molecule has 1 saturated heterocycles. The molecule has 0 unspecified atom stereocenters. The van der Waals surface area contributed by atoms with Crippen LogP contribution in [0.25, 0.3) is 0 Å². The van der Waals surface area contributed by atoms with E-state index in [-0.39, 0.29) is 17.9 Å². The number of aromatic nitrogens is 3. The topological polar surface area (TPSA) is 106 Å². The second-order valence-corrected chi connectivity index (χ2v) is 4.85. The van der Waals surface area contributed by atoms with E-state index in [0.717, 1.165) is 32.5 Å². The van der Waals surface area contributed by atoms with Gasteiger partial charge in [0.1, 0.15) is 0 Å². The van der Waals surface area contributed by atoms with E-state index in [9.17, 15) is 4.79 Å². The highest BCUT2D eigenvalue weighted by Gasteiger charge is 2.22. The van der Waals surface area contributed by atoms with Crippen molar-refractivity contribution < 1.29 is 9.53 Å². The number of nitrogen functional groups attached to an aromatic ring is 1. The lowest BCUT2D eigenvalue weighted by molar-refractivity contribution is -0.119. The van der Waals surface area contributed by atoms with Crippen molar-refractivity contribution in [2.24, 2.45) is 5.92 Å². The summed E-state index contributed by atoms with van der Waals surface area (Å²) in [5.74, 6) is 1.22. The summed E-state index contributed by atoms with van der Waals surface area (Å²) in [4.78, 5) is 25.2. The molecule has 2 rings (SSSR count). The molecule has 0 atom stereocenters. The maximum absolute atomic E-state index is 10.9. The van der Waals surface area contributed by atoms with Crippen molar-refractivity contribution in [2.75, 3.05) is 37.4 Å². The fourth-order valence-electron chi connectivity index (χ4n) is 2.22. The maximum Gasteiger partial charge on any atom is 0.322 e. The van der Waals surface area contributed by atoms with Gasteiger partial charge in [-0.3, -0.25) is 4.79 Å². The minimum atomic E-state index is 0.0161. The molecular formula is C12H20N6O2. The van der Waals surface area contributed by atoms with Gasteiger partial charge in [0.15, 0.2) is 0 Å². The standard InChI is InChI=1S/C12H20N6O2/c1-8(19)14-7-9-3-5-18(6-4-9)11-15-10(13)16-12(17-11)20-2/h9H,3-7H2,1-2H3,(H,14,19)(H2,13,15,16,17). The van der Waals surface area contributed by atoms with Crippen LogP contribution in [0, 0.1) is 5.92 Å². The van der Waals surface area contributed by atoms with E-state index in [1.54, 1.807) is 0 Å². The zero-order valence-electron chi connectivity index (χ0n) is 11.8. The Morgan fingerprint density at radius 1 is 1.40 bits per heavy atom. The van der Waals surface area contributed by atoms with Gasteiger partial charge >= 0.3 is 6.01 Å². The molecule has 20 heavy (non-hydrogen) atoms. The number of anilines is 2. The van der Waals surface area contributed by atoms with Gasteiger partial charge in [0, 0.05) is 26.6 Å². The minimum absolute atomic E-state index is 0.0161. The van der Waals surface area contributed by atoms with Crippen molar-refractivity contribution in [3.8, 4) is 6.01 Å².